The van der Waals surface area contributed by atoms with Gasteiger partial charge in [-0.3, -0.25) is 4.79 Å². The quantitative estimate of drug-likeness (QED) is 0.0387. The zero-order chi connectivity index (χ0) is 33.0. The number of allylic oxidation sites excluding steroid dienone is 5. The van der Waals surface area contributed by atoms with Gasteiger partial charge in [0.05, 0.1) is 0 Å². The molecule has 1 atom stereocenters. The Morgan fingerprint density at radius 2 is 0.717 bits per heavy atom. The maximum Gasteiger partial charge on any atom is 0.321 e. The van der Waals surface area contributed by atoms with Crippen LogP contribution < -0.4 is 0 Å². The summed E-state index contributed by atoms with van der Waals surface area (Å²) in [6, 6.07) is 0. The third kappa shape index (κ3) is 27.8. The van der Waals surface area contributed by atoms with E-state index in [0.717, 1.165) is 18.6 Å². The van der Waals surface area contributed by atoms with Crippen molar-refractivity contribution >= 4 is 5.97 Å². The summed E-state index contributed by atoms with van der Waals surface area (Å²) in [6.07, 6.45) is 57.2. The van der Waals surface area contributed by atoms with Crippen molar-refractivity contribution in [2.45, 2.75) is 232 Å². The molecule has 0 aromatic heterocycles. The molecule has 1 aliphatic rings. The van der Waals surface area contributed by atoms with Crippen molar-refractivity contribution in [2.24, 2.45) is 5.92 Å². The lowest BCUT2D eigenvalue weighted by Gasteiger charge is -2.28. The maximum absolute atomic E-state index is 12.0. The molecule has 1 saturated heterocycles. The Hall–Kier alpha value is -1.31. The standard InChI is InChI=1S/C44H80O2/c1-3-5-7-9-11-13-15-17-19-21-23-25-27-29-31-33-35-37-39-41-43-42(44(45)46-43)40-38-36-34-32-30-28-26-24-22-20-18-16-14-12-10-8-6-4-2/h9-12,41-42H,3-8,13-40H2,1-2H3/b11-9+,12-10+,43-41+. The number of cyclic esters (lactones) is 1. The number of rotatable bonds is 36. The van der Waals surface area contributed by atoms with Crippen LogP contribution in [0.3, 0.4) is 0 Å². The van der Waals surface area contributed by atoms with E-state index in [1.165, 1.54) is 205 Å². The highest BCUT2D eigenvalue weighted by atomic mass is 16.6. The lowest BCUT2D eigenvalue weighted by Crippen LogP contribution is -2.32. The number of ether oxygens (including phenoxy) is 1. The smallest absolute Gasteiger partial charge is 0.321 e. The van der Waals surface area contributed by atoms with Crippen molar-refractivity contribution < 1.29 is 9.53 Å². The molecule has 1 unspecified atom stereocenters. The molecule has 0 radical (unpaired) electrons. The number of hydrogen-bond donors (Lipinski definition) is 0. The van der Waals surface area contributed by atoms with Gasteiger partial charge in [0, 0.05) is 0 Å². The van der Waals surface area contributed by atoms with Crippen molar-refractivity contribution in [3.05, 3.63) is 36.1 Å². The number of unbranched alkanes of at least 4 members (excludes halogenated alkanes) is 29. The molecule has 1 fully saturated rings. The van der Waals surface area contributed by atoms with E-state index in [9.17, 15) is 4.79 Å². The van der Waals surface area contributed by atoms with Gasteiger partial charge in [0.25, 0.3) is 0 Å². The maximum atomic E-state index is 12.0. The second-order valence-corrected chi connectivity index (χ2v) is 14.4. The minimum absolute atomic E-state index is 0.0182. The van der Waals surface area contributed by atoms with Gasteiger partial charge in [-0.2, -0.15) is 0 Å². The van der Waals surface area contributed by atoms with Crippen LogP contribution in [-0.2, 0) is 9.53 Å². The molecule has 268 valence electrons. The molecule has 2 nitrogen and oxygen atoms in total. The van der Waals surface area contributed by atoms with E-state index in [0.29, 0.717) is 0 Å². The molecular formula is C44H80O2. The lowest BCUT2D eigenvalue weighted by molar-refractivity contribution is -0.157. The van der Waals surface area contributed by atoms with Crippen LogP contribution in [0, 0.1) is 5.92 Å². The Morgan fingerprint density at radius 1 is 0.413 bits per heavy atom. The molecule has 0 aromatic rings. The molecule has 0 N–H and O–H groups in total. The molecule has 0 spiro atoms. The zero-order valence-electron chi connectivity index (χ0n) is 31.3. The Balaban J connectivity index is 1.82. The van der Waals surface area contributed by atoms with Gasteiger partial charge in [0.1, 0.15) is 11.7 Å². The average Bonchev–Trinajstić information content (AvgIpc) is 3.06. The monoisotopic (exact) mass is 641 g/mol. The fourth-order valence-electron chi connectivity index (χ4n) is 6.67. The first kappa shape index (κ1) is 42.7. The molecule has 1 aliphatic heterocycles. The van der Waals surface area contributed by atoms with Gasteiger partial charge in [0.15, 0.2) is 0 Å². The fraction of sp³-hybridized carbons (Fsp3) is 0.841. The lowest BCUT2D eigenvalue weighted by atomic mass is 9.93. The van der Waals surface area contributed by atoms with Gasteiger partial charge in [-0.15, -0.1) is 0 Å². The Kier molecular flexibility index (Phi) is 32.5. The molecule has 2 heteroatoms. The normalized spacial score (nSPS) is 15.8. The molecule has 0 bridgehead atoms. The van der Waals surface area contributed by atoms with Crippen LogP contribution in [0.15, 0.2) is 36.1 Å². The Bertz CT molecular complexity index is 732. The minimum Gasteiger partial charge on any atom is -0.430 e. The highest BCUT2D eigenvalue weighted by molar-refractivity contribution is 5.82. The summed E-state index contributed by atoms with van der Waals surface area (Å²) in [5.41, 5.74) is 0. The molecule has 0 aliphatic carbocycles. The van der Waals surface area contributed by atoms with Crippen LogP contribution in [0.5, 0.6) is 0 Å². The number of carbonyl (C=O) groups excluding carboxylic acids is 1. The van der Waals surface area contributed by atoms with Crippen LogP contribution in [0.4, 0.5) is 0 Å². The summed E-state index contributed by atoms with van der Waals surface area (Å²) in [6.45, 7) is 4.53. The Labute approximate surface area is 289 Å². The number of esters is 1. The Morgan fingerprint density at radius 3 is 1.07 bits per heavy atom. The minimum atomic E-state index is 0.0182. The molecule has 46 heavy (non-hydrogen) atoms. The van der Waals surface area contributed by atoms with Crippen LogP contribution in [0.2, 0.25) is 0 Å². The van der Waals surface area contributed by atoms with Crippen LogP contribution >= 0.6 is 0 Å². The zero-order valence-corrected chi connectivity index (χ0v) is 31.3. The van der Waals surface area contributed by atoms with Crippen molar-refractivity contribution in [1.82, 2.24) is 0 Å². The second-order valence-electron chi connectivity index (χ2n) is 14.4. The SMILES string of the molecule is CCCC/C=C/CCCCCCCCCCCCCC/C=C1/OC(=O)C1CCCCCCCCCCCCCC/C=C/CCCC. The van der Waals surface area contributed by atoms with Crippen LogP contribution in [-0.4, -0.2) is 5.97 Å². The average molecular weight is 641 g/mol. The van der Waals surface area contributed by atoms with Crippen molar-refractivity contribution in [1.29, 1.82) is 0 Å². The third-order valence-corrected chi connectivity index (χ3v) is 9.91. The first-order valence-corrected chi connectivity index (χ1v) is 21.0. The molecular weight excluding hydrogens is 560 g/mol. The van der Waals surface area contributed by atoms with E-state index in [1.54, 1.807) is 0 Å². The third-order valence-electron chi connectivity index (χ3n) is 9.91. The highest BCUT2D eigenvalue weighted by Crippen LogP contribution is 2.32. The molecule has 1 rings (SSSR count). The van der Waals surface area contributed by atoms with Gasteiger partial charge in [-0.25, -0.2) is 0 Å². The summed E-state index contributed by atoms with van der Waals surface area (Å²) in [5, 5.41) is 0. The topological polar surface area (TPSA) is 26.3 Å². The van der Waals surface area contributed by atoms with Gasteiger partial charge < -0.3 is 4.74 Å². The first-order chi connectivity index (χ1) is 22.8. The van der Waals surface area contributed by atoms with Crippen molar-refractivity contribution in [3.63, 3.8) is 0 Å². The second kappa shape index (κ2) is 35.0. The fourth-order valence-corrected chi connectivity index (χ4v) is 6.67. The summed E-state index contributed by atoms with van der Waals surface area (Å²) in [5.74, 6) is 1.07. The molecule has 0 saturated carbocycles. The van der Waals surface area contributed by atoms with Gasteiger partial charge in [-0.1, -0.05) is 199 Å². The van der Waals surface area contributed by atoms with E-state index < -0.39 is 0 Å². The number of hydrogen-bond acceptors (Lipinski definition) is 2. The van der Waals surface area contributed by atoms with Crippen LogP contribution in [0.1, 0.15) is 232 Å². The van der Waals surface area contributed by atoms with E-state index >= 15 is 0 Å². The van der Waals surface area contributed by atoms with E-state index in [2.05, 4.69) is 44.2 Å². The summed E-state index contributed by atoms with van der Waals surface area (Å²) in [4.78, 5) is 12.0. The summed E-state index contributed by atoms with van der Waals surface area (Å²) in [7, 11) is 0. The van der Waals surface area contributed by atoms with E-state index in [1.807, 2.05) is 0 Å². The predicted molar refractivity (Wildman–Crippen MR) is 204 cm³/mol. The molecule has 1 heterocycles. The van der Waals surface area contributed by atoms with Gasteiger partial charge >= 0.3 is 5.97 Å². The highest BCUT2D eigenvalue weighted by Gasteiger charge is 2.36. The number of carbonyl (C=O) groups is 1. The largest absolute Gasteiger partial charge is 0.430 e. The van der Waals surface area contributed by atoms with Gasteiger partial charge in [0.2, 0.25) is 0 Å². The predicted octanol–water partition coefficient (Wildman–Crippen LogP) is 15.5. The van der Waals surface area contributed by atoms with Crippen LogP contribution in [0.25, 0.3) is 0 Å². The summed E-state index contributed by atoms with van der Waals surface area (Å²) < 4.78 is 5.39. The molecule has 0 amide bonds. The molecule has 0 aromatic carbocycles. The van der Waals surface area contributed by atoms with E-state index in [4.69, 9.17) is 4.74 Å². The van der Waals surface area contributed by atoms with Gasteiger partial charge in [-0.05, 0) is 63.9 Å². The summed E-state index contributed by atoms with van der Waals surface area (Å²) >= 11 is 0. The van der Waals surface area contributed by atoms with E-state index in [-0.39, 0.29) is 11.9 Å². The first-order valence-electron chi connectivity index (χ1n) is 21.0. The van der Waals surface area contributed by atoms with Crippen molar-refractivity contribution in [2.75, 3.05) is 0 Å². The van der Waals surface area contributed by atoms with Crippen molar-refractivity contribution in [3.8, 4) is 0 Å².